The van der Waals surface area contributed by atoms with Crippen molar-refractivity contribution in [1.82, 2.24) is 4.90 Å². The molecule has 0 amide bonds. The molecular weight excluding hydrogens is 174 g/mol. The Bertz CT molecular complexity index is 190. The third-order valence-corrected chi connectivity index (χ3v) is 3.36. The van der Waals surface area contributed by atoms with Crippen LogP contribution in [0.25, 0.3) is 0 Å². The Labute approximate surface area is 87.7 Å². The van der Waals surface area contributed by atoms with E-state index in [0.717, 1.165) is 0 Å². The molecule has 1 rings (SSSR count). The van der Waals surface area contributed by atoms with E-state index in [1.165, 1.54) is 19.3 Å². The molecule has 14 heavy (non-hydrogen) atoms. The number of Topliss-reactive ketones (excluding diaryl/α,β-unsaturated/α-hetero) is 1. The summed E-state index contributed by atoms with van der Waals surface area (Å²) in [5.41, 5.74) is 0. The largest absolute Gasteiger partial charge is 0.298 e. The highest BCUT2D eigenvalue weighted by Gasteiger charge is 2.26. The Morgan fingerprint density at radius 1 is 1.29 bits per heavy atom. The van der Waals surface area contributed by atoms with Gasteiger partial charge < -0.3 is 0 Å². The summed E-state index contributed by atoms with van der Waals surface area (Å²) in [6, 6.07) is 1.17. The number of hydrogen-bond donors (Lipinski definition) is 0. The molecule has 0 aliphatic carbocycles. The van der Waals surface area contributed by atoms with Crippen LogP contribution in [0.5, 0.6) is 0 Å². The maximum Gasteiger partial charge on any atom is 0.149 e. The van der Waals surface area contributed by atoms with Crippen LogP contribution in [-0.2, 0) is 4.79 Å². The first-order valence-corrected chi connectivity index (χ1v) is 5.80. The van der Waals surface area contributed by atoms with Gasteiger partial charge in [0.15, 0.2) is 0 Å². The molecule has 82 valence electrons. The number of piperidine rings is 1. The fraction of sp³-hybridized carbons (Fsp3) is 0.917. The number of hydrogen-bond acceptors (Lipinski definition) is 2. The summed E-state index contributed by atoms with van der Waals surface area (Å²) in [6.45, 7) is 9.11. The molecule has 0 aromatic carbocycles. The molecular formula is C12H23NO. The average molecular weight is 197 g/mol. The van der Waals surface area contributed by atoms with Gasteiger partial charge in [0.05, 0.1) is 6.54 Å². The predicted molar refractivity (Wildman–Crippen MR) is 59.3 cm³/mol. The number of ketones is 1. The van der Waals surface area contributed by atoms with Crippen LogP contribution in [0, 0.1) is 5.92 Å². The minimum absolute atomic E-state index is 0.177. The third kappa shape index (κ3) is 2.81. The van der Waals surface area contributed by atoms with E-state index >= 15 is 0 Å². The Morgan fingerprint density at radius 3 is 2.21 bits per heavy atom. The second-order valence-electron chi connectivity index (χ2n) is 4.92. The van der Waals surface area contributed by atoms with E-state index in [0.29, 0.717) is 24.4 Å². The second-order valence-corrected chi connectivity index (χ2v) is 4.92. The van der Waals surface area contributed by atoms with Crippen molar-refractivity contribution in [2.45, 2.75) is 59.0 Å². The van der Waals surface area contributed by atoms with Crippen molar-refractivity contribution in [3.05, 3.63) is 0 Å². The molecule has 0 radical (unpaired) electrons. The van der Waals surface area contributed by atoms with Gasteiger partial charge in [0.1, 0.15) is 5.78 Å². The first kappa shape index (κ1) is 11.7. The fourth-order valence-electron chi connectivity index (χ4n) is 2.15. The number of carbonyl (C=O) groups is 1. The number of carbonyl (C=O) groups excluding carboxylic acids is 1. The Morgan fingerprint density at radius 2 is 1.79 bits per heavy atom. The van der Waals surface area contributed by atoms with Crippen LogP contribution in [0.2, 0.25) is 0 Å². The van der Waals surface area contributed by atoms with Gasteiger partial charge in [-0.15, -0.1) is 0 Å². The molecule has 1 aliphatic rings. The van der Waals surface area contributed by atoms with Crippen LogP contribution in [0.4, 0.5) is 0 Å². The van der Waals surface area contributed by atoms with Gasteiger partial charge >= 0.3 is 0 Å². The molecule has 2 unspecified atom stereocenters. The van der Waals surface area contributed by atoms with Crippen LogP contribution in [0.15, 0.2) is 0 Å². The van der Waals surface area contributed by atoms with E-state index in [1.807, 2.05) is 13.8 Å². The van der Waals surface area contributed by atoms with E-state index in [9.17, 15) is 4.79 Å². The van der Waals surface area contributed by atoms with Crippen molar-refractivity contribution in [3.63, 3.8) is 0 Å². The zero-order valence-electron chi connectivity index (χ0n) is 9.92. The summed E-state index contributed by atoms with van der Waals surface area (Å²) in [5, 5.41) is 0. The van der Waals surface area contributed by atoms with Crippen molar-refractivity contribution in [1.29, 1.82) is 0 Å². The smallest absolute Gasteiger partial charge is 0.149 e. The van der Waals surface area contributed by atoms with E-state index < -0.39 is 0 Å². The second kappa shape index (κ2) is 4.92. The fourth-order valence-corrected chi connectivity index (χ4v) is 2.15. The Hall–Kier alpha value is -0.370. The molecule has 0 spiro atoms. The lowest BCUT2D eigenvalue weighted by molar-refractivity contribution is -0.124. The van der Waals surface area contributed by atoms with Gasteiger partial charge in [0.25, 0.3) is 0 Å². The molecule has 0 saturated carbocycles. The molecule has 1 aliphatic heterocycles. The van der Waals surface area contributed by atoms with Gasteiger partial charge in [-0.05, 0) is 26.7 Å². The standard InChI is InChI=1S/C12H23NO/c1-9(2)12(14)8-13-10(3)6-5-7-11(13)4/h9-11H,5-8H2,1-4H3. The van der Waals surface area contributed by atoms with Gasteiger partial charge in [-0.25, -0.2) is 0 Å². The average Bonchev–Trinajstić information content (AvgIpc) is 2.11. The van der Waals surface area contributed by atoms with Crippen molar-refractivity contribution in [3.8, 4) is 0 Å². The Balaban J connectivity index is 2.52. The zero-order valence-corrected chi connectivity index (χ0v) is 9.92. The lowest BCUT2D eigenvalue weighted by atomic mass is 9.96. The number of nitrogens with zero attached hydrogens (tertiary/aromatic N) is 1. The first-order chi connectivity index (χ1) is 6.52. The maximum absolute atomic E-state index is 11.7. The molecule has 2 atom stereocenters. The van der Waals surface area contributed by atoms with E-state index in [2.05, 4.69) is 18.7 Å². The van der Waals surface area contributed by atoms with Crippen molar-refractivity contribution >= 4 is 5.78 Å². The van der Waals surface area contributed by atoms with Crippen LogP contribution in [0.1, 0.15) is 47.0 Å². The SMILES string of the molecule is CC(C)C(=O)CN1C(C)CCCC1C. The van der Waals surface area contributed by atoms with E-state index in [4.69, 9.17) is 0 Å². The molecule has 0 N–H and O–H groups in total. The van der Waals surface area contributed by atoms with Crippen LogP contribution < -0.4 is 0 Å². The minimum Gasteiger partial charge on any atom is -0.298 e. The zero-order chi connectivity index (χ0) is 10.7. The first-order valence-electron chi connectivity index (χ1n) is 5.80. The van der Waals surface area contributed by atoms with Gasteiger partial charge in [-0.2, -0.15) is 0 Å². The van der Waals surface area contributed by atoms with E-state index in [1.54, 1.807) is 0 Å². The molecule has 1 heterocycles. The minimum atomic E-state index is 0.177. The molecule has 0 bridgehead atoms. The van der Waals surface area contributed by atoms with Gasteiger partial charge in [-0.1, -0.05) is 20.3 Å². The normalized spacial score (nSPS) is 29.5. The molecule has 0 aromatic rings. The summed E-state index contributed by atoms with van der Waals surface area (Å²) in [5.74, 6) is 0.557. The van der Waals surface area contributed by atoms with Crippen molar-refractivity contribution in [2.24, 2.45) is 5.92 Å². The Kier molecular flexibility index (Phi) is 4.11. The summed E-state index contributed by atoms with van der Waals surface area (Å²) >= 11 is 0. The van der Waals surface area contributed by atoms with Crippen molar-refractivity contribution in [2.75, 3.05) is 6.54 Å². The van der Waals surface area contributed by atoms with Gasteiger partial charge in [0, 0.05) is 18.0 Å². The molecule has 2 heteroatoms. The van der Waals surface area contributed by atoms with E-state index in [-0.39, 0.29) is 5.92 Å². The summed E-state index contributed by atoms with van der Waals surface area (Å²) in [4.78, 5) is 14.0. The molecule has 2 nitrogen and oxygen atoms in total. The summed E-state index contributed by atoms with van der Waals surface area (Å²) in [7, 11) is 0. The molecule has 1 saturated heterocycles. The lowest BCUT2D eigenvalue weighted by Gasteiger charge is -2.38. The van der Waals surface area contributed by atoms with Crippen LogP contribution in [-0.4, -0.2) is 29.3 Å². The topological polar surface area (TPSA) is 20.3 Å². The van der Waals surface area contributed by atoms with Crippen molar-refractivity contribution < 1.29 is 4.79 Å². The van der Waals surface area contributed by atoms with Gasteiger partial charge in [-0.3, -0.25) is 9.69 Å². The maximum atomic E-state index is 11.7. The van der Waals surface area contributed by atoms with Crippen LogP contribution in [0.3, 0.4) is 0 Å². The summed E-state index contributed by atoms with van der Waals surface area (Å²) in [6.07, 6.45) is 3.81. The third-order valence-electron chi connectivity index (χ3n) is 3.36. The van der Waals surface area contributed by atoms with Crippen LogP contribution >= 0.6 is 0 Å². The number of likely N-dealkylation sites (tertiary alicyclic amines) is 1. The highest BCUT2D eigenvalue weighted by Crippen LogP contribution is 2.22. The highest BCUT2D eigenvalue weighted by atomic mass is 16.1. The quantitative estimate of drug-likeness (QED) is 0.692. The highest BCUT2D eigenvalue weighted by molar-refractivity contribution is 5.82. The monoisotopic (exact) mass is 197 g/mol. The molecule has 1 fully saturated rings. The predicted octanol–water partition coefficient (Wildman–Crippen LogP) is 2.47. The molecule has 0 aromatic heterocycles. The van der Waals surface area contributed by atoms with Gasteiger partial charge in [0.2, 0.25) is 0 Å². The summed E-state index contributed by atoms with van der Waals surface area (Å²) < 4.78 is 0. The lowest BCUT2D eigenvalue weighted by Crippen LogP contribution is -2.46. The number of rotatable bonds is 3.